The molecule has 0 amide bonds. The molecule has 0 unspecified atom stereocenters. The van der Waals surface area contributed by atoms with E-state index < -0.39 is 7.80 Å². The summed E-state index contributed by atoms with van der Waals surface area (Å²) in [5.41, 5.74) is 1.32. The SMILES string of the molecule is CC.C[P+](C)=O.Cc1ccccc1. The molecule has 0 atom stereocenters. The highest BCUT2D eigenvalue weighted by Gasteiger charge is 1.80. The van der Waals surface area contributed by atoms with Gasteiger partial charge in [-0.3, -0.25) is 0 Å². The van der Waals surface area contributed by atoms with Gasteiger partial charge in [-0.05, 0) is 6.92 Å². The molecule has 13 heavy (non-hydrogen) atoms. The van der Waals surface area contributed by atoms with Gasteiger partial charge in [0.15, 0.2) is 0 Å². The minimum atomic E-state index is -0.870. The van der Waals surface area contributed by atoms with Crippen LogP contribution in [0.2, 0.25) is 0 Å². The van der Waals surface area contributed by atoms with Crippen molar-refractivity contribution in [1.29, 1.82) is 0 Å². The molecule has 0 aliphatic carbocycles. The van der Waals surface area contributed by atoms with Crippen LogP contribution in [-0.4, -0.2) is 13.3 Å². The van der Waals surface area contributed by atoms with E-state index in [0.717, 1.165) is 0 Å². The van der Waals surface area contributed by atoms with Crippen molar-refractivity contribution in [1.82, 2.24) is 0 Å². The van der Waals surface area contributed by atoms with Gasteiger partial charge in [0.25, 0.3) is 0 Å². The molecule has 0 aliphatic heterocycles. The molecule has 74 valence electrons. The Morgan fingerprint density at radius 2 is 1.31 bits per heavy atom. The van der Waals surface area contributed by atoms with Crippen LogP contribution < -0.4 is 0 Å². The summed E-state index contributed by atoms with van der Waals surface area (Å²) in [5, 5.41) is 0. The molecule has 2 heteroatoms. The number of aryl methyl sites for hydroxylation is 1. The van der Waals surface area contributed by atoms with Crippen molar-refractivity contribution in [2.24, 2.45) is 0 Å². The van der Waals surface area contributed by atoms with Gasteiger partial charge < -0.3 is 0 Å². The molecule has 0 N–H and O–H groups in total. The second-order valence-corrected chi connectivity index (χ2v) is 4.09. The largest absolute Gasteiger partial charge is 0.332 e. The third-order valence-electron chi connectivity index (χ3n) is 0.940. The van der Waals surface area contributed by atoms with Crippen LogP contribution in [0, 0.1) is 6.92 Å². The Bertz CT molecular complexity index is 203. The smallest absolute Gasteiger partial charge is 0.0755 e. The molecule has 1 aromatic rings. The van der Waals surface area contributed by atoms with E-state index in [9.17, 15) is 4.57 Å². The number of hydrogen-bond acceptors (Lipinski definition) is 1. The van der Waals surface area contributed by atoms with Crippen molar-refractivity contribution in [3.63, 3.8) is 0 Å². The van der Waals surface area contributed by atoms with Crippen molar-refractivity contribution in [2.45, 2.75) is 20.8 Å². The maximum atomic E-state index is 9.59. The molecule has 0 radical (unpaired) electrons. The van der Waals surface area contributed by atoms with Gasteiger partial charge >= 0.3 is 7.80 Å². The van der Waals surface area contributed by atoms with Gasteiger partial charge in [-0.1, -0.05) is 54.3 Å². The zero-order valence-electron chi connectivity index (χ0n) is 9.24. The van der Waals surface area contributed by atoms with Gasteiger partial charge in [0, 0.05) is 0 Å². The minimum absolute atomic E-state index is 0.870. The lowest BCUT2D eigenvalue weighted by molar-refractivity contribution is 0.594. The van der Waals surface area contributed by atoms with Gasteiger partial charge in [0.1, 0.15) is 13.3 Å². The van der Waals surface area contributed by atoms with Gasteiger partial charge in [-0.15, -0.1) is 0 Å². The summed E-state index contributed by atoms with van der Waals surface area (Å²) >= 11 is 0. The highest BCUT2D eigenvalue weighted by molar-refractivity contribution is 7.42. The van der Waals surface area contributed by atoms with Crippen LogP contribution in [0.15, 0.2) is 30.3 Å². The van der Waals surface area contributed by atoms with E-state index >= 15 is 0 Å². The van der Waals surface area contributed by atoms with Crippen molar-refractivity contribution < 1.29 is 4.57 Å². The average molecular weight is 199 g/mol. The molecule has 1 aromatic carbocycles. The topological polar surface area (TPSA) is 17.1 Å². The maximum Gasteiger partial charge on any atom is 0.332 e. The van der Waals surface area contributed by atoms with Crippen LogP contribution in [0.1, 0.15) is 19.4 Å². The molecule has 0 saturated carbocycles. The lowest BCUT2D eigenvalue weighted by atomic mass is 10.2. The van der Waals surface area contributed by atoms with E-state index in [4.69, 9.17) is 0 Å². The van der Waals surface area contributed by atoms with E-state index in [1.54, 1.807) is 13.3 Å². The standard InChI is InChI=1S/C7H8.C2H6OP.C2H6/c1-7-5-3-2-4-6-7;1-4(2)3;1-2/h2-6H,1H3;1-2H3;1-2H3/q;+1;. The molecular weight excluding hydrogens is 179 g/mol. The van der Waals surface area contributed by atoms with Crippen LogP contribution in [0.5, 0.6) is 0 Å². The lowest BCUT2D eigenvalue weighted by Crippen LogP contribution is -1.62. The first-order valence-corrected chi connectivity index (χ1v) is 6.64. The quantitative estimate of drug-likeness (QED) is 0.575. The molecule has 0 aromatic heterocycles. The van der Waals surface area contributed by atoms with E-state index in [1.807, 2.05) is 32.0 Å². The molecular formula is C11H20OP+. The highest BCUT2D eigenvalue weighted by Crippen LogP contribution is 2.00. The third kappa shape index (κ3) is 18.4. The maximum absolute atomic E-state index is 9.59. The summed E-state index contributed by atoms with van der Waals surface area (Å²) in [6, 6.07) is 10.3. The predicted molar refractivity (Wildman–Crippen MR) is 62.0 cm³/mol. The zero-order valence-corrected chi connectivity index (χ0v) is 10.1. The van der Waals surface area contributed by atoms with Gasteiger partial charge in [-0.25, -0.2) is 0 Å². The molecule has 0 heterocycles. The second kappa shape index (κ2) is 11.3. The van der Waals surface area contributed by atoms with E-state index in [0.29, 0.717) is 0 Å². The molecule has 0 spiro atoms. The molecule has 0 saturated heterocycles. The van der Waals surface area contributed by atoms with Gasteiger partial charge in [0.2, 0.25) is 0 Å². The molecule has 1 rings (SSSR count). The van der Waals surface area contributed by atoms with Crippen LogP contribution >= 0.6 is 7.80 Å². The van der Waals surface area contributed by atoms with Crippen LogP contribution in [-0.2, 0) is 4.57 Å². The second-order valence-electron chi connectivity index (χ2n) is 2.47. The fourth-order valence-electron chi connectivity index (χ4n) is 0.534. The summed E-state index contributed by atoms with van der Waals surface area (Å²) < 4.78 is 9.59. The summed E-state index contributed by atoms with van der Waals surface area (Å²) in [7, 11) is -0.870. The number of hydrogen-bond donors (Lipinski definition) is 0. The lowest BCUT2D eigenvalue weighted by Gasteiger charge is -1.82. The summed E-state index contributed by atoms with van der Waals surface area (Å²) in [6.07, 6.45) is 0. The Hall–Kier alpha value is -0.680. The first-order chi connectivity index (χ1) is 6.13. The van der Waals surface area contributed by atoms with Gasteiger partial charge in [0.05, 0.1) is 0 Å². The van der Waals surface area contributed by atoms with Crippen molar-refractivity contribution >= 4 is 7.80 Å². The first-order valence-electron chi connectivity index (χ1n) is 4.49. The number of benzene rings is 1. The van der Waals surface area contributed by atoms with Crippen molar-refractivity contribution in [3.05, 3.63) is 35.9 Å². The summed E-state index contributed by atoms with van der Waals surface area (Å²) in [4.78, 5) is 0. The molecule has 1 nitrogen and oxygen atoms in total. The minimum Gasteiger partial charge on any atom is -0.0755 e. The van der Waals surface area contributed by atoms with Crippen molar-refractivity contribution in [3.8, 4) is 0 Å². The average Bonchev–Trinajstić information content (AvgIpc) is 2.08. The highest BCUT2D eigenvalue weighted by atomic mass is 31.1. The zero-order chi connectivity index (χ0) is 10.7. The Labute approximate surface area is 83.0 Å². The van der Waals surface area contributed by atoms with E-state index in [1.165, 1.54) is 5.56 Å². The normalized spacial score (nSPS) is 7.15. The Morgan fingerprint density at radius 1 is 1.00 bits per heavy atom. The molecule has 0 fully saturated rings. The monoisotopic (exact) mass is 199 g/mol. The first kappa shape index (κ1) is 14.8. The molecule has 0 bridgehead atoms. The Balaban J connectivity index is 0. The fourth-order valence-corrected chi connectivity index (χ4v) is 0.534. The van der Waals surface area contributed by atoms with Crippen LogP contribution in [0.3, 0.4) is 0 Å². The third-order valence-corrected chi connectivity index (χ3v) is 0.940. The molecule has 0 aliphatic rings. The number of rotatable bonds is 0. The fraction of sp³-hybridized carbons (Fsp3) is 0.455. The van der Waals surface area contributed by atoms with Gasteiger partial charge in [-0.2, -0.15) is 0 Å². The predicted octanol–water partition coefficient (Wildman–Crippen LogP) is 4.09. The van der Waals surface area contributed by atoms with Crippen molar-refractivity contribution in [2.75, 3.05) is 13.3 Å². The Morgan fingerprint density at radius 3 is 1.46 bits per heavy atom. The summed E-state index contributed by atoms with van der Waals surface area (Å²) in [5.74, 6) is 0. The van der Waals surface area contributed by atoms with E-state index in [-0.39, 0.29) is 0 Å². The van der Waals surface area contributed by atoms with E-state index in [2.05, 4.69) is 19.1 Å². The Kier molecular flexibility index (Phi) is 12.9. The summed E-state index contributed by atoms with van der Waals surface area (Å²) in [6.45, 7) is 9.44. The van der Waals surface area contributed by atoms with Crippen LogP contribution in [0.4, 0.5) is 0 Å². The van der Waals surface area contributed by atoms with Crippen LogP contribution in [0.25, 0.3) is 0 Å².